The van der Waals surface area contributed by atoms with Crippen molar-refractivity contribution in [2.24, 2.45) is 0 Å². The predicted octanol–water partition coefficient (Wildman–Crippen LogP) is 3.80. The quantitative estimate of drug-likeness (QED) is 0.318. The van der Waals surface area contributed by atoms with Crippen molar-refractivity contribution in [3.8, 4) is 0 Å². The molecule has 6 nitrogen and oxygen atoms in total. The van der Waals surface area contributed by atoms with Crippen molar-refractivity contribution in [2.45, 2.75) is 0 Å². The zero-order valence-electron chi connectivity index (χ0n) is 11.1. The number of hydrogen-bond acceptors (Lipinski definition) is 4. The molecule has 0 amide bonds. The molecule has 0 saturated carbocycles. The Morgan fingerprint density at radius 1 is 1.14 bits per heavy atom. The monoisotopic (exact) mass is 316 g/mol. The number of rotatable bonds is 3. The molecule has 1 aromatic carbocycles. The number of aromatic nitrogens is 1. The summed E-state index contributed by atoms with van der Waals surface area (Å²) in [7, 11) is 0. The molecule has 0 unspecified atom stereocenters. The molecule has 0 fully saturated rings. The van der Waals surface area contributed by atoms with Crippen LogP contribution in [-0.4, -0.2) is 4.92 Å². The van der Waals surface area contributed by atoms with Gasteiger partial charge in [0, 0.05) is 28.6 Å². The molecular weight excluding hydrogens is 308 g/mol. The minimum atomic E-state index is -0.620. The molecule has 3 aromatic rings. The minimum Gasteiger partial charge on any atom is -0.618 e. The predicted molar refractivity (Wildman–Crippen MR) is 82.2 cm³/mol. The molecule has 22 heavy (non-hydrogen) atoms. The highest BCUT2D eigenvalue weighted by atomic mass is 35.5. The highest BCUT2D eigenvalue weighted by Crippen LogP contribution is 2.19. The average Bonchev–Trinajstić information content (AvgIpc) is 2.95. The van der Waals surface area contributed by atoms with Gasteiger partial charge < -0.3 is 9.62 Å². The van der Waals surface area contributed by atoms with Crippen LogP contribution in [0.25, 0.3) is 23.1 Å². The lowest BCUT2D eigenvalue weighted by atomic mass is 10.2. The van der Waals surface area contributed by atoms with Crippen molar-refractivity contribution >= 4 is 40.5 Å². The van der Waals surface area contributed by atoms with Crippen LogP contribution in [0, 0.1) is 15.3 Å². The van der Waals surface area contributed by atoms with Gasteiger partial charge in [-0.25, -0.2) is 0 Å². The Bertz CT molecular complexity index is 902. The lowest BCUT2D eigenvalue weighted by molar-refractivity contribution is -0.579. The second-order valence-corrected chi connectivity index (χ2v) is 4.96. The Hall–Kier alpha value is -2.86. The fourth-order valence-electron chi connectivity index (χ4n) is 2.05. The number of nitrogens with zero attached hydrogens (tertiary/aromatic N) is 2. The van der Waals surface area contributed by atoms with Crippen LogP contribution in [-0.2, 0) is 0 Å². The zero-order chi connectivity index (χ0) is 15.7. The summed E-state index contributed by atoms with van der Waals surface area (Å²) in [5.74, 6) is -0.0503. The molecule has 2 aromatic heterocycles. The maximum atomic E-state index is 12.3. The number of nitro groups is 1. The maximum Gasteiger partial charge on any atom is 0.433 e. The van der Waals surface area contributed by atoms with Crippen LogP contribution >= 0.6 is 11.6 Å². The third-order valence-electron chi connectivity index (χ3n) is 3.09. The first-order valence-corrected chi connectivity index (χ1v) is 6.66. The summed E-state index contributed by atoms with van der Waals surface area (Å²) < 4.78 is 5.76. The fraction of sp³-hybridized carbons (Fsp3) is 0. The van der Waals surface area contributed by atoms with Crippen LogP contribution in [0.2, 0.25) is 5.02 Å². The number of pyridine rings is 1. The Labute approximate surface area is 129 Å². The molecule has 0 aliphatic heterocycles. The van der Waals surface area contributed by atoms with E-state index in [9.17, 15) is 15.3 Å². The molecule has 0 saturated heterocycles. The van der Waals surface area contributed by atoms with Crippen LogP contribution in [0.1, 0.15) is 11.5 Å². The standard InChI is InChI=1S/C15H9ClN2O4/c16-11-2-7-14-10(9-11)1-3-12(17(14)19)4-5-13-6-8-15(22-13)18(20)21/h1-9H. The van der Waals surface area contributed by atoms with Crippen LogP contribution in [0.4, 0.5) is 5.88 Å². The first kappa shape index (κ1) is 14.1. The molecule has 0 N–H and O–H groups in total. The second-order valence-electron chi connectivity index (χ2n) is 4.52. The summed E-state index contributed by atoms with van der Waals surface area (Å²) in [5.41, 5.74) is 0.867. The molecule has 2 heterocycles. The minimum absolute atomic E-state index is 0.294. The molecule has 7 heteroatoms. The van der Waals surface area contributed by atoms with E-state index in [2.05, 4.69) is 0 Å². The second kappa shape index (κ2) is 5.50. The van der Waals surface area contributed by atoms with Gasteiger partial charge in [0.25, 0.3) is 0 Å². The summed E-state index contributed by atoms with van der Waals surface area (Å²) >= 11 is 5.89. The molecule has 110 valence electrons. The van der Waals surface area contributed by atoms with Gasteiger partial charge in [-0.15, -0.1) is 0 Å². The van der Waals surface area contributed by atoms with Crippen molar-refractivity contribution in [1.29, 1.82) is 0 Å². The van der Waals surface area contributed by atoms with E-state index >= 15 is 0 Å². The number of fused-ring (bicyclic) bond motifs is 1. The molecule has 0 spiro atoms. The summed E-state index contributed by atoms with van der Waals surface area (Å²) in [6, 6.07) is 11.1. The lowest BCUT2D eigenvalue weighted by Crippen LogP contribution is -2.30. The smallest absolute Gasteiger partial charge is 0.433 e. The normalized spacial score (nSPS) is 11.3. The van der Waals surface area contributed by atoms with Crippen LogP contribution < -0.4 is 4.73 Å². The Kier molecular flexibility index (Phi) is 3.52. The molecule has 0 aliphatic carbocycles. The van der Waals surface area contributed by atoms with E-state index in [1.807, 2.05) is 0 Å². The van der Waals surface area contributed by atoms with E-state index in [4.69, 9.17) is 16.0 Å². The van der Waals surface area contributed by atoms with Crippen molar-refractivity contribution < 1.29 is 14.1 Å². The molecular formula is C15H9ClN2O4. The van der Waals surface area contributed by atoms with Gasteiger partial charge in [-0.05, 0) is 30.3 Å². The Balaban J connectivity index is 1.96. The van der Waals surface area contributed by atoms with Crippen molar-refractivity contribution in [3.63, 3.8) is 0 Å². The maximum absolute atomic E-state index is 12.3. The first-order chi connectivity index (χ1) is 10.5. The van der Waals surface area contributed by atoms with Gasteiger partial charge in [-0.3, -0.25) is 10.1 Å². The van der Waals surface area contributed by atoms with Gasteiger partial charge in [0.05, 0.1) is 6.07 Å². The van der Waals surface area contributed by atoms with Gasteiger partial charge in [0.2, 0.25) is 11.2 Å². The molecule has 0 atom stereocenters. The zero-order valence-corrected chi connectivity index (χ0v) is 11.9. The van der Waals surface area contributed by atoms with Crippen molar-refractivity contribution in [3.05, 3.63) is 74.3 Å². The summed E-state index contributed by atoms with van der Waals surface area (Å²) in [6.07, 6.45) is 3.03. The van der Waals surface area contributed by atoms with Gasteiger partial charge in [0.15, 0.2) is 0 Å². The fourth-order valence-corrected chi connectivity index (χ4v) is 2.23. The van der Waals surface area contributed by atoms with E-state index in [-0.39, 0.29) is 5.88 Å². The number of furan rings is 1. The lowest BCUT2D eigenvalue weighted by Gasteiger charge is -2.04. The summed E-state index contributed by atoms with van der Waals surface area (Å²) in [6.45, 7) is 0. The Morgan fingerprint density at radius 2 is 1.95 bits per heavy atom. The third-order valence-corrected chi connectivity index (χ3v) is 3.32. The number of benzene rings is 1. The van der Waals surface area contributed by atoms with Gasteiger partial charge in [-0.1, -0.05) is 11.6 Å². The van der Waals surface area contributed by atoms with Crippen LogP contribution in [0.15, 0.2) is 46.9 Å². The van der Waals surface area contributed by atoms with Gasteiger partial charge in [-0.2, -0.15) is 4.73 Å². The van der Waals surface area contributed by atoms with E-state index in [1.165, 1.54) is 24.3 Å². The first-order valence-electron chi connectivity index (χ1n) is 6.29. The highest BCUT2D eigenvalue weighted by molar-refractivity contribution is 6.31. The molecule has 3 rings (SSSR count). The topological polar surface area (TPSA) is 83.2 Å². The van der Waals surface area contributed by atoms with E-state index < -0.39 is 4.92 Å². The van der Waals surface area contributed by atoms with Gasteiger partial charge >= 0.3 is 5.88 Å². The van der Waals surface area contributed by atoms with Crippen LogP contribution in [0.5, 0.6) is 0 Å². The summed E-state index contributed by atoms with van der Waals surface area (Å²) in [4.78, 5) is 9.92. The van der Waals surface area contributed by atoms with E-state index in [0.717, 1.165) is 10.1 Å². The highest BCUT2D eigenvalue weighted by Gasteiger charge is 2.11. The number of hydrogen-bond donors (Lipinski definition) is 0. The largest absolute Gasteiger partial charge is 0.618 e. The molecule has 0 bridgehead atoms. The van der Waals surface area contributed by atoms with E-state index in [1.54, 1.807) is 30.3 Å². The van der Waals surface area contributed by atoms with E-state index in [0.29, 0.717) is 22.0 Å². The van der Waals surface area contributed by atoms with Crippen molar-refractivity contribution in [1.82, 2.24) is 0 Å². The summed E-state index contributed by atoms with van der Waals surface area (Å²) in [5, 5.41) is 24.1. The Morgan fingerprint density at radius 3 is 2.68 bits per heavy atom. The SMILES string of the molecule is O=[N+]([O-])c1ccc(C=Cc2ccc3cc(Cl)ccc3[n+]2[O-])o1. The third kappa shape index (κ3) is 2.64. The number of halogens is 1. The average molecular weight is 317 g/mol. The molecule has 0 aliphatic rings. The van der Waals surface area contributed by atoms with Crippen LogP contribution in [0.3, 0.4) is 0 Å². The molecule has 0 radical (unpaired) electrons. The van der Waals surface area contributed by atoms with Gasteiger partial charge in [0.1, 0.15) is 10.7 Å². The van der Waals surface area contributed by atoms with Crippen molar-refractivity contribution in [2.75, 3.05) is 0 Å².